The SMILES string of the molecule is CCOCCNCCN1CCC(CC)(CC)CC1. The Balaban J connectivity index is 2.05. The van der Waals surface area contributed by atoms with E-state index in [1.807, 2.05) is 6.92 Å². The molecule has 1 fully saturated rings. The molecule has 0 atom stereocenters. The van der Waals surface area contributed by atoms with Crippen LogP contribution in [0, 0.1) is 5.41 Å². The summed E-state index contributed by atoms with van der Waals surface area (Å²) in [6.07, 6.45) is 5.48. The first-order valence-corrected chi connectivity index (χ1v) is 7.77. The number of piperidine rings is 1. The van der Waals surface area contributed by atoms with E-state index in [1.165, 1.54) is 45.3 Å². The van der Waals surface area contributed by atoms with Crippen molar-refractivity contribution in [2.45, 2.75) is 46.5 Å². The summed E-state index contributed by atoms with van der Waals surface area (Å²) in [6, 6.07) is 0. The summed E-state index contributed by atoms with van der Waals surface area (Å²) in [5.41, 5.74) is 0.652. The lowest BCUT2D eigenvalue weighted by atomic mass is 9.74. The van der Waals surface area contributed by atoms with Gasteiger partial charge in [0, 0.05) is 26.2 Å². The third-order valence-electron chi connectivity index (χ3n) is 4.65. The van der Waals surface area contributed by atoms with Crippen molar-refractivity contribution >= 4 is 0 Å². The average Bonchev–Trinajstić information content (AvgIpc) is 2.43. The molecule has 1 aliphatic rings. The minimum absolute atomic E-state index is 0.652. The van der Waals surface area contributed by atoms with Crippen LogP contribution in [0.3, 0.4) is 0 Å². The van der Waals surface area contributed by atoms with Gasteiger partial charge in [0.1, 0.15) is 0 Å². The van der Waals surface area contributed by atoms with Crippen LogP contribution in [-0.2, 0) is 4.74 Å². The van der Waals surface area contributed by atoms with E-state index >= 15 is 0 Å². The van der Waals surface area contributed by atoms with Crippen LogP contribution in [-0.4, -0.2) is 50.8 Å². The van der Waals surface area contributed by atoms with Crippen molar-refractivity contribution in [3.05, 3.63) is 0 Å². The topological polar surface area (TPSA) is 24.5 Å². The molecule has 18 heavy (non-hydrogen) atoms. The molecule has 0 saturated carbocycles. The fourth-order valence-electron chi connectivity index (χ4n) is 2.86. The molecule has 1 aliphatic heterocycles. The Hall–Kier alpha value is -0.120. The molecule has 3 heteroatoms. The molecule has 0 radical (unpaired) electrons. The summed E-state index contributed by atoms with van der Waals surface area (Å²) < 4.78 is 5.31. The van der Waals surface area contributed by atoms with Crippen molar-refractivity contribution in [1.29, 1.82) is 0 Å². The number of hydrogen-bond acceptors (Lipinski definition) is 3. The minimum atomic E-state index is 0.652. The highest BCUT2D eigenvalue weighted by molar-refractivity contribution is 4.84. The maximum absolute atomic E-state index is 5.31. The van der Waals surface area contributed by atoms with Gasteiger partial charge < -0.3 is 15.0 Å². The van der Waals surface area contributed by atoms with E-state index in [0.29, 0.717) is 5.41 Å². The summed E-state index contributed by atoms with van der Waals surface area (Å²) >= 11 is 0. The monoisotopic (exact) mass is 256 g/mol. The fourth-order valence-corrected chi connectivity index (χ4v) is 2.86. The predicted molar refractivity (Wildman–Crippen MR) is 78.1 cm³/mol. The molecule has 0 bridgehead atoms. The van der Waals surface area contributed by atoms with Gasteiger partial charge in [-0.1, -0.05) is 26.7 Å². The molecule has 0 amide bonds. The van der Waals surface area contributed by atoms with Gasteiger partial charge in [0.2, 0.25) is 0 Å². The van der Waals surface area contributed by atoms with E-state index in [-0.39, 0.29) is 0 Å². The first-order valence-electron chi connectivity index (χ1n) is 7.77. The summed E-state index contributed by atoms with van der Waals surface area (Å²) in [4.78, 5) is 2.61. The van der Waals surface area contributed by atoms with Crippen LogP contribution >= 0.6 is 0 Å². The van der Waals surface area contributed by atoms with Gasteiger partial charge >= 0.3 is 0 Å². The van der Waals surface area contributed by atoms with Gasteiger partial charge in [0.25, 0.3) is 0 Å². The van der Waals surface area contributed by atoms with Crippen molar-refractivity contribution in [3.63, 3.8) is 0 Å². The summed E-state index contributed by atoms with van der Waals surface area (Å²) in [5.74, 6) is 0. The highest BCUT2D eigenvalue weighted by atomic mass is 16.5. The van der Waals surface area contributed by atoms with Gasteiger partial charge in [-0.25, -0.2) is 0 Å². The number of nitrogens with zero attached hydrogens (tertiary/aromatic N) is 1. The number of rotatable bonds is 9. The number of nitrogens with one attached hydrogen (secondary N) is 1. The highest BCUT2D eigenvalue weighted by Crippen LogP contribution is 2.37. The summed E-state index contributed by atoms with van der Waals surface area (Å²) in [7, 11) is 0. The molecule has 0 aromatic heterocycles. The Morgan fingerprint density at radius 1 is 1.06 bits per heavy atom. The van der Waals surface area contributed by atoms with Gasteiger partial charge in [-0.05, 0) is 38.3 Å². The van der Waals surface area contributed by atoms with Crippen molar-refractivity contribution < 1.29 is 4.74 Å². The molecule has 3 nitrogen and oxygen atoms in total. The van der Waals surface area contributed by atoms with Gasteiger partial charge in [0.15, 0.2) is 0 Å². The Labute approximate surface area is 113 Å². The van der Waals surface area contributed by atoms with E-state index in [4.69, 9.17) is 4.74 Å². The van der Waals surface area contributed by atoms with Gasteiger partial charge in [-0.3, -0.25) is 0 Å². The van der Waals surface area contributed by atoms with Crippen LogP contribution in [0.5, 0.6) is 0 Å². The normalized spacial score (nSPS) is 20.2. The molecule has 1 saturated heterocycles. The van der Waals surface area contributed by atoms with E-state index in [0.717, 1.165) is 26.3 Å². The zero-order chi connectivity index (χ0) is 13.3. The zero-order valence-electron chi connectivity index (χ0n) is 12.6. The van der Waals surface area contributed by atoms with Crippen molar-refractivity contribution in [2.75, 3.05) is 45.9 Å². The number of ether oxygens (including phenoxy) is 1. The molecule has 1 heterocycles. The van der Waals surface area contributed by atoms with Crippen LogP contribution in [0.4, 0.5) is 0 Å². The molecular weight excluding hydrogens is 224 g/mol. The Morgan fingerprint density at radius 2 is 1.72 bits per heavy atom. The third kappa shape index (κ3) is 5.25. The van der Waals surface area contributed by atoms with Gasteiger partial charge in [-0.2, -0.15) is 0 Å². The first-order chi connectivity index (χ1) is 8.76. The van der Waals surface area contributed by atoms with E-state index < -0.39 is 0 Å². The van der Waals surface area contributed by atoms with Crippen LogP contribution in [0.1, 0.15) is 46.5 Å². The van der Waals surface area contributed by atoms with E-state index in [1.54, 1.807) is 0 Å². The summed E-state index contributed by atoms with van der Waals surface area (Å²) in [5, 5.41) is 3.45. The van der Waals surface area contributed by atoms with Crippen LogP contribution < -0.4 is 5.32 Å². The van der Waals surface area contributed by atoms with Crippen LogP contribution in [0.25, 0.3) is 0 Å². The van der Waals surface area contributed by atoms with Crippen molar-refractivity contribution in [1.82, 2.24) is 10.2 Å². The van der Waals surface area contributed by atoms with Crippen LogP contribution in [0.2, 0.25) is 0 Å². The van der Waals surface area contributed by atoms with Gasteiger partial charge in [-0.15, -0.1) is 0 Å². The Kier molecular flexibility index (Phi) is 7.87. The minimum Gasteiger partial charge on any atom is -0.380 e. The Bertz CT molecular complexity index is 195. The average molecular weight is 256 g/mol. The largest absolute Gasteiger partial charge is 0.380 e. The lowest BCUT2D eigenvalue weighted by molar-refractivity contribution is 0.0950. The molecular formula is C15H32N2O. The lowest BCUT2D eigenvalue weighted by Gasteiger charge is -2.41. The lowest BCUT2D eigenvalue weighted by Crippen LogP contribution is -2.42. The standard InChI is InChI=1S/C15H32N2O/c1-4-15(5-2)7-11-17(12-8-15)13-9-16-10-14-18-6-3/h16H,4-14H2,1-3H3. The maximum atomic E-state index is 5.31. The second kappa shape index (κ2) is 8.89. The molecule has 0 unspecified atom stereocenters. The van der Waals surface area contributed by atoms with E-state index in [9.17, 15) is 0 Å². The molecule has 0 aliphatic carbocycles. The fraction of sp³-hybridized carbons (Fsp3) is 1.00. The van der Waals surface area contributed by atoms with Gasteiger partial charge in [0.05, 0.1) is 6.61 Å². The first kappa shape index (κ1) is 15.9. The number of likely N-dealkylation sites (tertiary alicyclic amines) is 1. The second-order valence-electron chi connectivity index (χ2n) is 5.50. The van der Waals surface area contributed by atoms with E-state index in [2.05, 4.69) is 24.1 Å². The van der Waals surface area contributed by atoms with Crippen molar-refractivity contribution in [3.8, 4) is 0 Å². The smallest absolute Gasteiger partial charge is 0.0590 e. The second-order valence-corrected chi connectivity index (χ2v) is 5.50. The molecule has 0 aromatic rings. The molecule has 1 N–H and O–H groups in total. The molecule has 108 valence electrons. The Morgan fingerprint density at radius 3 is 2.28 bits per heavy atom. The predicted octanol–water partition coefficient (Wildman–Crippen LogP) is 2.51. The molecule has 0 spiro atoms. The van der Waals surface area contributed by atoms with Crippen LogP contribution in [0.15, 0.2) is 0 Å². The number of hydrogen-bond donors (Lipinski definition) is 1. The zero-order valence-corrected chi connectivity index (χ0v) is 12.6. The van der Waals surface area contributed by atoms with Crippen molar-refractivity contribution in [2.24, 2.45) is 5.41 Å². The third-order valence-corrected chi connectivity index (χ3v) is 4.65. The summed E-state index contributed by atoms with van der Waals surface area (Å²) in [6.45, 7) is 14.3. The quantitative estimate of drug-likeness (QED) is 0.642. The maximum Gasteiger partial charge on any atom is 0.0590 e. The highest BCUT2D eigenvalue weighted by Gasteiger charge is 2.30. The molecule has 1 rings (SSSR count). The molecule has 0 aromatic carbocycles.